The molecule has 2 nitrogen and oxygen atoms in total. The van der Waals surface area contributed by atoms with Crippen molar-refractivity contribution < 1.29 is 8.78 Å². The Morgan fingerprint density at radius 3 is 2.77 bits per heavy atom. The van der Waals surface area contributed by atoms with Gasteiger partial charge >= 0.3 is 0 Å². The molecule has 2 aromatic rings. The van der Waals surface area contributed by atoms with Crippen LogP contribution in [0.2, 0.25) is 0 Å². The minimum Gasteiger partial charge on any atom is -0.331 e. The maximum atomic E-state index is 13.5. The normalized spacial score (nSPS) is 11.1. The first-order valence-corrected chi connectivity index (χ1v) is 3.87. The molecule has 0 aliphatic heterocycles. The molecule has 0 radical (unpaired) electrons. The molecule has 0 aliphatic carbocycles. The number of aromatic nitrogens is 2. The van der Waals surface area contributed by atoms with E-state index in [1.807, 2.05) is 0 Å². The van der Waals surface area contributed by atoms with Crippen LogP contribution in [0.15, 0.2) is 12.4 Å². The molecule has 13 heavy (non-hydrogen) atoms. The Hall–Kier alpha value is -1.45. The SMILES string of the molecule is Cc1c(F)cc2ncn(C)c2c1F. The molecular formula is C9H8F2N2. The van der Waals surface area contributed by atoms with Gasteiger partial charge in [-0.05, 0) is 6.92 Å². The van der Waals surface area contributed by atoms with Crippen LogP contribution < -0.4 is 0 Å². The third-order valence-electron chi connectivity index (χ3n) is 2.12. The first-order chi connectivity index (χ1) is 6.11. The van der Waals surface area contributed by atoms with E-state index in [9.17, 15) is 8.78 Å². The lowest BCUT2D eigenvalue weighted by atomic mass is 10.2. The Kier molecular flexibility index (Phi) is 1.58. The third-order valence-corrected chi connectivity index (χ3v) is 2.12. The minimum atomic E-state index is -0.552. The van der Waals surface area contributed by atoms with Crippen LogP contribution in [-0.2, 0) is 7.05 Å². The lowest BCUT2D eigenvalue weighted by Crippen LogP contribution is -1.94. The Morgan fingerprint density at radius 1 is 1.38 bits per heavy atom. The zero-order valence-corrected chi connectivity index (χ0v) is 7.31. The zero-order chi connectivity index (χ0) is 9.59. The zero-order valence-electron chi connectivity index (χ0n) is 7.31. The standard InChI is InChI=1S/C9H8F2N2/c1-5-6(10)3-7-9(8(5)11)13(2)4-12-7/h3-4H,1-2H3. The van der Waals surface area contributed by atoms with Gasteiger partial charge in [-0.15, -0.1) is 0 Å². The van der Waals surface area contributed by atoms with Gasteiger partial charge in [0.1, 0.15) is 11.3 Å². The highest BCUT2D eigenvalue weighted by Crippen LogP contribution is 2.21. The van der Waals surface area contributed by atoms with Crippen LogP contribution in [0.4, 0.5) is 8.78 Å². The topological polar surface area (TPSA) is 17.8 Å². The summed E-state index contributed by atoms with van der Waals surface area (Å²) >= 11 is 0. The van der Waals surface area contributed by atoms with Crippen LogP contribution in [0, 0.1) is 18.6 Å². The maximum absolute atomic E-state index is 13.5. The number of imidazole rings is 1. The number of nitrogens with zero attached hydrogens (tertiary/aromatic N) is 2. The minimum absolute atomic E-state index is 0.0381. The molecule has 0 saturated heterocycles. The first kappa shape index (κ1) is 8.16. The van der Waals surface area contributed by atoms with Crippen LogP contribution in [-0.4, -0.2) is 9.55 Å². The van der Waals surface area contributed by atoms with Gasteiger partial charge in [0, 0.05) is 18.7 Å². The summed E-state index contributed by atoms with van der Waals surface area (Å²) in [5.74, 6) is -1.08. The van der Waals surface area contributed by atoms with Crippen LogP contribution >= 0.6 is 0 Å². The fourth-order valence-corrected chi connectivity index (χ4v) is 1.33. The third kappa shape index (κ3) is 1.02. The maximum Gasteiger partial charge on any atom is 0.154 e. The van der Waals surface area contributed by atoms with Crippen LogP contribution in [0.3, 0.4) is 0 Å². The Labute approximate surface area is 73.8 Å². The van der Waals surface area contributed by atoms with Crippen LogP contribution in [0.25, 0.3) is 11.0 Å². The molecule has 2 rings (SSSR count). The lowest BCUT2D eigenvalue weighted by Gasteiger charge is -2.01. The molecule has 0 unspecified atom stereocenters. The molecule has 68 valence electrons. The van der Waals surface area contributed by atoms with Crippen molar-refractivity contribution >= 4 is 11.0 Å². The summed E-state index contributed by atoms with van der Waals surface area (Å²) in [6, 6.07) is 1.24. The van der Waals surface area contributed by atoms with Gasteiger partial charge in [-0.1, -0.05) is 0 Å². The second-order valence-electron chi connectivity index (χ2n) is 3.02. The molecule has 0 atom stereocenters. The van der Waals surface area contributed by atoms with E-state index in [0.717, 1.165) is 0 Å². The molecule has 0 aliphatic rings. The Morgan fingerprint density at radius 2 is 2.08 bits per heavy atom. The van der Waals surface area contributed by atoms with Crippen molar-refractivity contribution in [1.29, 1.82) is 0 Å². The van der Waals surface area contributed by atoms with Crippen molar-refractivity contribution in [3.8, 4) is 0 Å². The first-order valence-electron chi connectivity index (χ1n) is 3.87. The van der Waals surface area contributed by atoms with Crippen molar-refractivity contribution in [2.75, 3.05) is 0 Å². The Bertz CT molecular complexity index is 474. The molecule has 1 aromatic carbocycles. The number of rotatable bonds is 0. The summed E-state index contributed by atoms with van der Waals surface area (Å²) < 4.78 is 28.0. The van der Waals surface area contributed by atoms with Crippen molar-refractivity contribution in [3.63, 3.8) is 0 Å². The summed E-state index contributed by atoms with van der Waals surface area (Å²) in [7, 11) is 1.68. The van der Waals surface area contributed by atoms with Crippen LogP contribution in [0.5, 0.6) is 0 Å². The molecule has 0 fully saturated rings. The van der Waals surface area contributed by atoms with Crippen molar-refractivity contribution in [2.24, 2.45) is 7.05 Å². The molecule has 1 aromatic heterocycles. The molecule has 4 heteroatoms. The summed E-state index contributed by atoms with van der Waals surface area (Å²) in [6.45, 7) is 1.41. The smallest absolute Gasteiger partial charge is 0.154 e. The lowest BCUT2D eigenvalue weighted by molar-refractivity contribution is 0.573. The molecule has 0 saturated carbocycles. The predicted octanol–water partition coefficient (Wildman–Crippen LogP) is 2.16. The van der Waals surface area contributed by atoms with E-state index in [1.165, 1.54) is 23.9 Å². The van der Waals surface area contributed by atoms with E-state index in [0.29, 0.717) is 11.0 Å². The van der Waals surface area contributed by atoms with E-state index in [2.05, 4.69) is 4.98 Å². The van der Waals surface area contributed by atoms with Gasteiger partial charge in [0.2, 0.25) is 0 Å². The highest BCUT2D eigenvalue weighted by Gasteiger charge is 2.12. The van der Waals surface area contributed by atoms with Crippen molar-refractivity contribution in [1.82, 2.24) is 9.55 Å². The van der Waals surface area contributed by atoms with E-state index in [-0.39, 0.29) is 5.56 Å². The van der Waals surface area contributed by atoms with Crippen molar-refractivity contribution in [3.05, 3.63) is 29.6 Å². The molecule has 0 N–H and O–H groups in total. The van der Waals surface area contributed by atoms with Gasteiger partial charge in [0.25, 0.3) is 0 Å². The van der Waals surface area contributed by atoms with Gasteiger partial charge in [0.15, 0.2) is 5.82 Å². The Balaban J connectivity index is 2.97. The van der Waals surface area contributed by atoms with Gasteiger partial charge in [-0.3, -0.25) is 0 Å². The van der Waals surface area contributed by atoms with Gasteiger partial charge < -0.3 is 4.57 Å². The molecule has 0 spiro atoms. The van der Waals surface area contributed by atoms with Gasteiger partial charge in [-0.25, -0.2) is 13.8 Å². The van der Waals surface area contributed by atoms with E-state index in [1.54, 1.807) is 7.05 Å². The average Bonchev–Trinajstić information content (AvgIpc) is 2.43. The monoisotopic (exact) mass is 182 g/mol. The number of benzene rings is 1. The number of halogens is 2. The van der Waals surface area contributed by atoms with Gasteiger partial charge in [0.05, 0.1) is 11.8 Å². The second-order valence-corrected chi connectivity index (χ2v) is 3.02. The summed E-state index contributed by atoms with van der Waals surface area (Å²) in [5.41, 5.74) is 0.734. The fraction of sp³-hybridized carbons (Fsp3) is 0.222. The van der Waals surface area contributed by atoms with E-state index in [4.69, 9.17) is 0 Å². The summed E-state index contributed by atoms with van der Waals surface area (Å²) in [6.07, 6.45) is 1.46. The van der Waals surface area contributed by atoms with Gasteiger partial charge in [-0.2, -0.15) is 0 Å². The van der Waals surface area contributed by atoms with Crippen molar-refractivity contribution in [2.45, 2.75) is 6.92 Å². The highest BCUT2D eigenvalue weighted by atomic mass is 19.1. The van der Waals surface area contributed by atoms with Crippen LogP contribution in [0.1, 0.15) is 5.56 Å². The molecule has 1 heterocycles. The molecule has 0 amide bonds. The summed E-state index contributed by atoms with van der Waals surface area (Å²) in [4.78, 5) is 3.86. The fourth-order valence-electron chi connectivity index (χ4n) is 1.33. The number of aryl methyl sites for hydroxylation is 1. The second kappa shape index (κ2) is 2.52. The number of hydrogen-bond acceptors (Lipinski definition) is 1. The largest absolute Gasteiger partial charge is 0.331 e. The number of hydrogen-bond donors (Lipinski definition) is 0. The molecule has 0 bridgehead atoms. The predicted molar refractivity (Wildman–Crippen MR) is 45.4 cm³/mol. The highest BCUT2D eigenvalue weighted by molar-refractivity contribution is 5.77. The molecular weight excluding hydrogens is 174 g/mol. The van der Waals surface area contributed by atoms with E-state index < -0.39 is 11.6 Å². The average molecular weight is 182 g/mol. The number of fused-ring (bicyclic) bond motifs is 1. The summed E-state index contributed by atoms with van der Waals surface area (Å²) in [5, 5.41) is 0. The van der Waals surface area contributed by atoms with E-state index >= 15 is 0 Å². The quantitative estimate of drug-likeness (QED) is 0.610.